The van der Waals surface area contributed by atoms with Gasteiger partial charge in [0.1, 0.15) is 0 Å². The third kappa shape index (κ3) is 3.49. The number of para-hydroxylation sites is 1. The Balaban J connectivity index is 1.60. The summed E-state index contributed by atoms with van der Waals surface area (Å²) >= 11 is 6.41. The average Bonchev–Trinajstić information content (AvgIpc) is 3.16. The van der Waals surface area contributed by atoms with Gasteiger partial charge < -0.3 is 9.88 Å². The Hall–Kier alpha value is -3.82. The highest BCUT2D eigenvalue weighted by Crippen LogP contribution is 2.37. The summed E-state index contributed by atoms with van der Waals surface area (Å²) in [6, 6.07) is 31.7. The number of rotatable bonds is 4. The topological polar surface area (TPSA) is 29.9 Å². The minimum Gasteiger partial charge on any atom is -0.354 e. The number of benzene rings is 4. The number of aryl methyl sites for hydroxylation is 2. The average molecular weight is 462 g/mol. The van der Waals surface area contributed by atoms with Crippen LogP contribution in [0.4, 0.5) is 11.4 Å². The molecule has 0 saturated heterocycles. The van der Waals surface area contributed by atoms with Gasteiger partial charge in [-0.3, -0.25) is 4.98 Å². The van der Waals surface area contributed by atoms with E-state index in [4.69, 9.17) is 16.6 Å². The molecule has 0 amide bonds. The first-order valence-corrected chi connectivity index (χ1v) is 11.8. The van der Waals surface area contributed by atoms with Crippen LogP contribution in [0.15, 0.2) is 91.0 Å². The first-order chi connectivity index (χ1) is 16.6. The summed E-state index contributed by atoms with van der Waals surface area (Å²) < 4.78 is 2.40. The molecule has 0 radical (unpaired) electrons. The van der Waals surface area contributed by atoms with Gasteiger partial charge in [-0.2, -0.15) is 0 Å². The van der Waals surface area contributed by atoms with Gasteiger partial charge in [-0.15, -0.1) is 0 Å². The minimum atomic E-state index is 0.699. The molecular formula is C30H24ClN3. The van der Waals surface area contributed by atoms with E-state index in [-0.39, 0.29) is 0 Å². The van der Waals surface area contributed by atoms with E-state index in [0.29, 0.717) is 11.6 Å². The Morgan fingerprint density at radius 3 is 2.44 bits per heavy atom. The number of fused-ring (bicyclic) bond motifs is 5. The molecule has 6 rings (SSSR count). The summed E-state index contributed by atoms with van der Waals surface area (Å²) in [4.78, 5) is 4.89. The van der Waals surface area contributed by atoms with Gasteiger partial charge in [0, 0.05) is 27.5 Å². The predicted octanol–water partition coefficient (Wildman–Crippen LogP) is 8.40. The van der Waals surface area contributed by atoms with Gasteiger partial charge in [0.15, 0.2) is 0 Å². The van der Waals surface area contributed by atoms with Crippen molar-refractivity contribution in [2.75, 3.05) is 5.32 Å². The molecule has 0 aliphatic carbocycles. The molecule has 0 spiro atoms. The van der Waals surface area contributed by atoms with Gasteiger partial charge in [0.05, 0.1) is 34.0 Å². The molecule has 0 bridgehead atoms. The third-order valence-electron chi connectivity index (χ3n) is 6.63. The molecule has 1 N–H and O–H groups in total. The number of anilines is 2. The van der Waals surface area contributed by atoms with Crippen molar-refractivity contribution in [3.05, 3.63) is 113 Å². The van der Waals surface area contributed by atoms with Crippen LogP contribution < -0.4 is 5.32 Å². The van der Waals surface area contributed by atoms with Gasteiger partial charge in [0.25, 0.3) is 0 Å². The zero-order chi connectivity index (χ0) is 23.2. The highest BCUT2D eigenvalue weighted by Gasteiger charge is 2.15. The van der Waals surface area contributed by atoms with Crippen LogP contribution in [-0.2, 0) is 6.54 Å². The number of aromatic nitrogens is 2. The van der Waals surface area contributed by atoms with Gasteiger partial charge in [-0.25, -0.2) is 0 Å². The van der Waals surface area contributed by atoms with Crippen molar-refractivity contribution in [1.29, 1.82) is 0 Å². The lowest BCUT2D eigenvalue weighted by Gasteiger charge is -2.12. The summed E-state index contributed by atoms with van der Waals surface area (Å²) in [5.41, 5.74) is 7.65. The third-order valence-corrected chi connectivity index (χ3v) is 6.96. The van der Waals surface area contributed by atoms with Gasteiger partial charge in [0.2, 0.25) is 0 Å². The fourth-order valence-corrected chi connectivity index (χ4v) is 4.94. The standard InChI is InChI=1S/C30H24ClN3/c1-19-11-13-23(32-20(19)2)18-34-29-17-22(33-28-10-6-5-9-27(28)31)14-16-25(29)26-15-12-21-7-3-4-8-24(21)30(26)34/h3-17,33H,18H2,1-2H3. The van der Waals surface area contributed by atoms with Crippen LogP contribution in [-0.4, -0.2) is 9.55 Å². The van der Waals surface area contributed by atoms with Crippen molar-refractivity contribution in [3.63, 3.8) is 0 Å². The van der Waals surface area contributed by atoms with E-state index in [2.05, 4.69) is 90.5 Å². The fraction of sp³-hybridized carbons (Fsp3) is 0.100. The smallest absolute Gasteiger partial charge is 0.0654 e. The van der Waals surface area contributed by atoms with Crippen LogP contribution in [0.2, 0.25) is 5.02 Å². The second-order valence-electron chi connectivity index (χ2n) is 8.81. The van der Waals surface area contributed by atoms with E-state index in [1.807, 2.05) is 24.3 Å². The van der Waals surface area contributed by atoms with E-state index >= 15 is 0 Å². The van der Waals surface area contributed by atoms with Crippen molar-refractivity contribution in [2.24, 2.45) is 0 Å². The van der Waals surface area contributed by atoms with Gasteiger partial charge in [-0.05, 0) is 55.1 Å². The molecule has 4 heteroatoms. The molecule has 3 nitrogen and oxygen atoms in total. The predicted molar refractivity (Wildman–Crippen MR) is 144 cm³/mol. The Kier molecular flexibility index (Phi) is 5.00. The molecule has 0 unspecified atom stereocenters. The molecule has 0 fully saturated rings. The van der Waals surface area contributed by atoms with Gasteiger partial charge >= 0.3 is 0 Å². The molecular weight excluding hydrogens is 438 g/mol. The summed E-state index contributed by atoms with van der Waals surface area (Å²) in [6.45, 7) is 4.88. The number of halogens is 1. The zero-order valence-corrected chi connectivity index (χ0v) is 19.9. The van der Waals surface area contributed by atoms with Crippen LogP contribution in [0.3, 0.4) is 0 Å². The fourth-order valence-electron chi connectivity index (χ4n) is 4.76. The Bertz CT molecular complexity index is 1700. The Morgan fingerprint density at radius 1 is 0.794 bits per heavy atom. The van der Waals surface area contributed by atoms with Crippen LogP contribution in [0.1, 0.15) is 17.0 Å². The van der Waals surface area contributed by atoms with E-state index in [0.717, 1.165) is 22.8 Å². The molecule has 6 aromatic rings. The van der Waals surface area contributed by atoms with Crippen LogP contribution in [0, 0.1) is 13.8 Å². The van der Waals surface area contributed by atoms with Crippen molar-refractivity contribution in [3.8, 4) is 0 Å². The molecule has 2 aromatic heterocycles. The van der Waals surface area contributed by atoms with E-state index in [9.17, 15) is 0 Å². The van der Waals surface area contributed by atoms with Crippen LogP contribution in [0.5, 0.6) is 0 Å². The van der Waals surface area contributed by atoms with E-state index in [1.165, 1.54) is 38.1 Å². The second-order valence-corrected chi connectivity index (χ2v) is 9.22. The number of hydrogen-bond acceptors (Lipinski definition) is 2. The molecule has 0 saturated carbocycles. The minimum absolute atomic E-state index is 0.699. The number of nitrogens with one attached hydrogen (secondary N) is 1. The molecule has 4 aromatic carbocycles. The number of hydrogen-bond donors (Lipinski definition) is 1. The molecule has 0 aliphatic rings. The lowest BCUT2D eigenvalue weighted by Crippen LogP contribution is -2.04. The lowest BCUT2D eigenvalue weighted by atomic mass is 10.1. The molecule has 2 heterocycles. The van der Waals surface area contributed by atoms with Crippen molar-refractivity contribution in [2.45, 2.75) is 20.4 Å². The van der Waals surface area contributed by atoms with Crippen molar-refractivity contribution >= 4 is 55.6 Å². The van der Waals surface area contributed by atoms with E-state index in [1.54, 1.807) is 0 Å². The molecule has 34 heavy (non-hydrogen) atoms. The quantitative estimate of drug-likeness (QED) is 0.285. The molecule has 0 aliphatic heterocycles. The van der Waals surface area contributed by atoms with Crippen molar-refractivity contribution in [1.82, 2.24) is 9.55 Å². The van der Waals surface area contributed by atoms with Crippen LogP contribution >= 0.6 is 11.6 Å². The highest BCUT2D eigenvalue weighted by molar-refractivity contribution is 6.33. The Morgan fingerprint density at radius 2 is 1.59 bits per heavy atom. The monoisotopic (exact) mass is 461 g/mol. The first kappa shape index (κ1) is 20.8. The van der Waals surface area contributed by atoms with Crippen molar-refractivity contribution < 1.29 is 0 Å². The summed E-state index contributed by atoms with van der Waals surface area (Å²) in [5, 5.41) is 9.17. The number of nitrogens with zero attached hydrogens (tertiary/aromatic N) is 2. The second kappa shape index (κ2) is 8.19. The summed E-state index contributed by atoms with van der Waals surface area (Å²) in [7, 11) is 0. The SMILES string of the molecule is Cc1ccc(Cn2c3cc(Nc4ccccc4Cl)ccc3c3ccc4ccccc4c32)nc1C. The maximum atomic E-state index is 6.41. The highest BCUT2D eigenvalue weighted by atomic mass is 35.5. The van der Waals surface area contributed by atoms with E-state index < -0.39 is 0 Å². The molecule has 0 atom stereocenters. The van der Waals surface area contributed by atoms with Crippen LogP contribution in [0.25, 0.3) is 32.6 Å². The summed E-state index contributed by atoms with van der Waals surface area (Å²) in [5.74, 6) is 0. The lowest BCUT2D eigenvalue weighted by molar-refractivity contribution is 0.828. The molecule has 166 valence electrons. The first-order valence-electron chi connectivity index (χ1n) is 11.5. The normalized spacial score (nSPS) is 11.5. The largest absolute Gasteiger partial charge is 0.354 e. The summed E-state index contributed by atoms with van der Waals surface area (Å²) in [6.07, 6.45) is 0. The zero-order valence-electron chi connectivity index (χ0n) is 19.1. The number of pyridine rings is 1. The van der Waals surface area contributed by atoms with Gasteiger partial charge in [-0.1, -0.05) is 72.3 Å². The maximum absolute atomic E-state index is 6.41. The maximum Gasteiger partial charge on any atom is 0.0654 e. The Labute approximate surface area is 203 Å².